The van der Waals surface area contributed by atoms with Gasteiger partial charge in [-0.15, -0.1) is 0 Å². The Morgan fingerprint density at radius 1 is 1.00 bits per heavy atom. The summed E-state index contributed by atoms with van der Waals surface area (Å²) >= 11 is 0. The molecule has 1 N–H and O–H groups in total. The van der Waals surface area contributed by atoms with Gasteiger partial charge in [0.25, 0.3) is 0 Å². The summed E-state index contributed by atoms with van der Waals surface area (Å²) in [4.78, 5) is 2.75. The lowest BCUT2D eigenvalue weighted by molar-refractivity contribution is 0.0893. The van der Waals surface area contributed by atoms with Crippen LogP contribution in [0.5, 0.6) is 0 Å². The molecule has 2 atom stereocenters. The molecule has 2 aliphatic rings. The fourth-order valence-corrected chi connectivity index (χ4v) is 4.29. The maximum absolute atomic E-state index is 3.73. The van der Waals surface area contributed by atoms with Crippen LogP contribution in [0.25, 0.3) is 10.8 Å². The minimum atomic E-state index is 0.749. The predicted octanol–water partition coefficient (Wildman–Crippen LogP) is 3.60. The number of hydrogen-bond acceptors (Lipinski definition) is 2. The minimum absolute atomic E-state index is 0.749. The highest BCUT2D eigenvalue weighted by molar-refractivity contribution is 5.82. The highest BCUT2D eigenvalue weighted by atomic mass is 15.2. The molecule has 0 bridgehead atoms. The number of piperazine rings is 1. The van der Waals surface area contributed by atoms with Gasteiger partial charge in [0.1, 0.15) is 0 Å². The molecule has 1 saturated heterocycles. The van der Waals surface area contributed by atoms with E-state index in [-0.39, 0.29) is 0 Å². The fourth-order valence-electron chi connectivity index (χ4n) is 4.29. The highest BCUT2D eigenvalue weighted by Crippen LogP contribution is 2.25. The number of nitrogens with one attached hydrogen (secondary N) is 1. The average Bonchev–Trinajstić information content (AvgIpc) is 2.60. The van der Waals surface area contributed by atoms with Crippen molar-refractivity contribution >= 4 is 10.8 Å². The zero-order chi connectivity index (χ0) is 14.8. The van der Waals surface area contributed by atoms with E-state index in [4.69, 9.17) is 0 Å². The van der Waals surface area contributed by atoms with Crippen LogP contribution >= 0.6 is 0 Å². The quantitative estimate of drug-likeness (QED) is 0.930. The van der Waals surface area contributed by atoms with Gasteiger partial charge in [0.15, 0.2) is 0 Å². The molecule has 1 aliphatic heterocycles. The largest absolute Gasteiger partial charge is 0.311 e. The van der Waals surface area contributed by atoms with E-state index in [9.17, 15) is 0 Å². The van der Waals surface area contributed by atoms with E-state index in [1.165, 1.54) is 68.1 Å². The summed E-state index contributed by atoms with van der Waals surface area (Å²) in [6.07, 6.45) is 6.75. The van der Waals surface area contributed by atoms with E-state index < -0.39 is 0 Å². The molecule has 2 fully saturated rings. The molecule has 22 heavy (non-hydrogen) atoms. The van der Waals surface area contributed by atoms with Crippen molar-refractivity contribution in [3.63, 3.8) is 0 Å². The molecule has 116 valence electrons. The highest BCUT2D eigenvalue weighted by Gasteiger charge is 2.32. The first-order valence-electron chi connectivity index (χ1n) is 8.85. The van der Waals surface area contributed by atoms with Crippen LogP contribution in [0.3, 0.4) is 0 Å². The minimum Gasteiger partial charge on any atom is -0.311 e. The van der Waals surface area contributed by atoms with Crippen molar-refractivity contribution in [1.29, 1.82) is 0 Å². The number of hydrogen-bond donors (Lipinski definition) is 1. The van der Waals surface area contributed by atoms with Crippen LogP contribution in [0.4, 0.5) is 0 Å². The van der Waals surface area contributed by atoms with Crippen LogP contribution < -0.4 is 5.32 Å². The smallest absolute Gasteiger partial charge is 0.0250 e. The van der Waals surface area contributed by atoms with Crippen LogP contribution in [0.2, 0.25) is 0 Å². The second-order valence-electron chi connectivity index (χ2n) is 6.88. The van der Waals surface area contributed by atoms with Crippen LogP contribution in [-0.4, -0.2) is 36.6 Å². The normalized spacial score (nSPS) is 26.0. The van der Waals surface area contributed by atoms with Gasteiger partial charge in [0.2, 0.25) is 0 Å². The third-order valence-electron chi connectivity index (χ3n) is 5.51. The van der Waals surface area contributed by atoms with Crippen LogP contribution in [0.1, 0.15) is 31.2 Å². The topological polar surface area (TPSA) is 15.3 Å². The van der Waals surface area contributed by atoms with Gasteiger partial charge in [-0.1, -0.05) is 55.3 Å². The zero-order valence-corrected chi connectivity index (χ0v) is 13.3. The lowest BCUT2D eigenvalue weighted by Gasteiger charge is -2.44. The second-order valence-corrected chi connectivity index (χ2v) is 6.88. The summed E-state index contributed by atoms with van der Waals surface area (Å²) in [5.74, 6) is 0. The van der Waals surface area contributed by atoms with Gasteiger partial charge in [-0.3, -0.25) is 4.90 Å². The third-order valence-corrected chi connectivity index (χ3v) is 5.51. The number of fused-ring (bicyclic) bond motifs is 2. The Morgan fingerprint density at radius 3 is 2.82 bits per heavy atom. The molecule has 0 aromatic heterocycles. The lowest BCUT2D eigenvalue weighted by Crippen LogP contribution is -2.59. The van der Waals surface area contributed by atoms with Crippen LogP contribution in [0.15, 0.2) is 42.5 Å². The molecular weight excluding hydrogens is 268 g/mol. The number of nitrogens with zero attached hydrogens (tertiary/aromatic N) is 1. The fraction of sp³-hybridized carbons (Fsp3) is 0.500. The standard InChI is InChI=1S/C20H26N2/c1-2-6-18-15-16(9-10-17(18)5-1)11-13-22-14-12-21-19-7-3-4-8-20(19)22/h1-2,5-6,9-10,15,19-21H,3-4,7-8,11-14H2. The number of benzene rings is 2. The summed E-state index contributed by atoms with van der Waals surface area (Å²) in [5.41, 5.74) is 1.48. The first kappa shape index (κ1) is 14.2. The molecule has 2 nitrogen and oxygen atoms in total. The van der Waals surface area contributed by atoms with Crippen molar-refractivity contribution in [3.05, 3.63) is 48.0 Å². The molecule has 2 unspecified atom stereocenters. The van der Waals surface area contributed by atoms with Gasteiger partial charge < -0.3 is 5.32 Å². The van der Waals surface area contributed by atoms with Crippen LogP contribution in [-0.2, 0) is 6.42 Å². The Labute approximate surface area is 133 Å². The second kappa shape index (κ2) is 6.39. The molecule has 4 rings (SSSR count). The Balaban J connectivity index is 1.44. The molecule has 2 aromatic rings. The summed E-state index contributed by atoms with van der Waals surface area (Å²) in [6, 6.07) is 17.1. The van der Waals surface area contributed by atoms with Gasteiger partial charge in [-0.25, -0.2) is 0 Å². The Hall–Kier alpha value is -1.38. The predicted molar refractivity (Wildman–Crippen MR) is 93.3 cm³/mol. The molecule has 1 heterocycles. The maximum Gasteiger partial charge on any atom is 0.0250 e. The van der Waals surface area contributed by atoms with Gasteiger partial charge in [-0.05, 0) is 35.6 Å². The molecular formula is C20H26N2. The summed E-state index contributed by atoms with van der Waals surface area (Å²) < 4.78 is 0. The van der Waals surface area contributed by atoms with E-state index >= 15 is 0 Å². The van der Waals surface area contributed by atoms with E-state index in [0.29, 0.717) is 0 Å². The molecule has 1 saturated carbocycles. The van der Waals surface area contributed by atoms with Crippen molar-refractivity contribution < 1.29 is 0 Å². The Bertz CT molecular complexity index is 634. The van der Waals surface area contributed by atoms with E-state index in [0.717, 1.165) is 12.1 Å². The van der Waals surface area contributed by atoms with Crippen LogP contribution in [0, 0.1) is 0 Å². The van der Waals surface area contributed by atoms with Gasteiger partial charge in [0, 0.05) is 31.7 Å². The maximum atomic E-state index is 3.73. The Kier molecular flexibility index (Phi) is 4.13. The summed E-state index contributed by atoms with van der Waals surface area (Å²) in [7, 11) is 0. The Morgan fingerprint density at radius 2 is 1.86 bits per heavy atom. The molecule has 1 aliphatic carbocycles. The van der Waals surface area contributed by atoms with Crippen molar-refractivity contribution in [1.82, 2.24) is 10.2 Å². The van der Waals surface area contributed by atoms with E-state index in [1.807, 2.05) is 0 Å². The molecule has 2 aromatic carbocycles. The molecule has 0 radical (unpaired) electrons. The van der Waals surface area contributed by atoms with Crippen molar-refractivity contribution in [3.8, 4) is 0 Å². The average molecular weight is 294 g/mol. The van der Waals surface area contributed by atoms with E-state index in [1.54, 1.807) is 0 Å². The zero-order valence-electron chi connectivity index (χ0n) is 13.3. The third kappa shape index (κ3) is 2.90. The molecule has 2 heteroatoms. The summed E-state index contributed by atoms with van der Waals surface area (Å²) in [5, 5.41) is 6.45. The first-order valence-corrected chi connectivity index (χ1v) is 8.85. The monoisotopic (exact) mass is 294 g/mol. The first-order chi connectivity index (χ1) is 10.9. The summed E-state index contributed by atoms with van der Waals surface area (Å²) in [6.45, 7) is 3.59. The van der Waals surface area contributed by atoms with E-state index in [2.05, 4.69) is 52.7 Å². The lowest BCUT2D eigenvalue weighted by atomic mass is 9.87. The van der Waals surface area contributed by atoms with Gasteiger partial charge in [-0.2, -0.15) is 0 Å². The molecule has 0 spiro atoms. The van der Waals surface area contributed by atoms with Gasteiger partial charge in [0.05, 0.1) is 0 Å². The van der Waals surface area contributed by atoms with Crippen molar-refractivity contribution in [2.75, 3.05) is 19.6 Å². The van der Waals surface area contributed by atoms with Crippen molar-refractivity contribution in [2.24, 2.45) is 0 Å². The number of rotatable bonds is 3. The SMILES string of the molecule is c1ccc2cc(CCN3CCNC4CCCCC43)ccc2c1. The molecule has 0 amide bonds. The van der Waals surface area contributed by atoms with Crippen molar-refractivity contribution in [2.45, 2.75) is 44.2 Å². The van der Waals surface area contributed by atoms with Gasteiger partial charge >= 0.3 is 0 Å².